The molecular formula is C32H31N5O3. The van der Waals surface area contributed by atoms with Crippen molar-refractivity contribution in [2.75, 3.05) is 18.9 Å². The van der Waals surface area contributed by atoms with Crippen molar-refractivity contribution in [2.24, 2.45) is 0 Å². The highest BCUT2D eigenvalue weighted by Crippen LogP contribution is 2.28. The molecule has 5 rings (SSSR count). The molecule has 0 aliphatic carbocycles. The fourth-order valence-electron chi connectivity index (χ4n) is 4.76. The van der Waals surface area contributed by atoms with Gasteiger partial charge in [0, 0.05) is 48.9 Å². The number of rotatable bonds is 8. The van der Waals surface area contributed by atoms with Crippen molar-refractivity contribution in [3.63, 3.8) is 0 Å². The number of carbonyl (C=O) groups excluding carboxylic acids is 2. The number of carbonyl (C=O) groups is 2. The fraction of sp³-hybridized carbons (Fsp3) is 0.219. The maximum absolute atomic E-state index is 13.6. The van der Waals surface area contributed by atoms with Gasteiger partial charge in [-0.05, 0) is 81.3 Å². The Morgan fingerprint density at radius 2 is 1.75 bits per heavy atom. The minimum Gasteiger partial charge on any atom is -0.361 e. The van der Waals surface area contributed by atoms with Gasteiger partial charge in [0.25, 0.3) is 11.8 Å². The monoisotopic (exact) mass is 533 g/mol. The minimum absolute atomic E-state index is 0.0855. The molecule has 0 atom stereocenters. The predicted octanol–water partition coefficient (Wildman–Crippen LogP) is 6.17. The van der Waals surface area contributed by atoms with E-state index in [4.69, 9.17) is 9.51 Å². The number of fused-ring (bicyclic) bond motifs is 1. The zero-order valence-corrected chi connectivity index (χ0v) is 23.1. The molecular weight excluding hydrogens is 502 g/mol. The van der Waals surface area contributed by atoms with Crippen LogP contribution in [-0.2, 0) is 6.42 Å². The molecule has 0 fully saturated rings. The van der Waals surface area contributed by atoms with Gasteiger partial charge < -0.3 is 14.7 Å². The number of benzene rings is 2. The van der Waals surface area contributed by atoms with Crippen molar-refractivity contribution in [3.8, 4) is 11.4 Å². The van der Waals surface area contributed by atoms with Crippen LogP contribution in [-0.4, -0.2) is 45.4 Å². The van der Waals surface area contributed by atoms with E-state index >= 15 is 0 Å². The molecule has 2 aromatic carbocycles. The third kappa shape index (κ3) is 5.91. The van der Waals surface area contributed by atoms with Crippen LogP contribution >= 0.6 is 0 Å². The van der Waals surface area contributed by atoms with Crippen LogP contribution in [0.15, 0.2) is 77.4 Å². The van der Waals surface area contributed by atoms with E-state index in [2.05, 4.69) is 21.5 Å². The summed E-state index contributed by atoms with van der Waals surface area (Å²) in [5, 5.41) is 7.66. The standard InChI is InChI=1S/C32H31N5O3/c1-20-16-21(2)30-26(17-20)27(19-29(35-30)28-9-5-6-14-33-28)31(38)34-24-12-10-23(11-13-24)32(39)37(4)15-7-8-25-18-22(3)36-40-25/h5-6,9-14,16-19H,7-8,15H2,1-4H3,(H,34,38). The quantitative estimate of drug-likeness (QED) is 0.256. The van der Waals surface area contributed by atoms with Gasteiger partial charge in [0.05, 0.1) is 28.2 Å². The molecule has 3 heterocycles. The molecule has 0 unspecified atom stereocenters. The number of hydrogen-bond donors (Lipinski definition) is 1. The van der Waals surface area contributed by atoms with Crippen LogP contribution in [0, 0.1) is 20.8 Å². The van der Waals surface area contributed by atoms with Gasteiger partial charge >= 0.3 is 0 Å². The van der Waals surface area contributed by atoms with Gasteiger partial charge in [0.1, 0.15) is 5.76 Å². The first kappa shape index (κ1) is 26.7. The average molecular weight is 534 g/mol. The zero-order chi connectivity index (χ0) is 28.2. The van der Waals surface area contributed by atoms with Gasteiger partial charge in [-0.1, -0.05) is 22.9 Å². The lowest BCUT2D eigenvalue weighted by molar-refractivity contribution is 0.0792. The van der Waals surface area contributed by atoms with Crippen LogP contribution in [0.2, 0.25) is 0 Å². The van der Waals surface area contributed by atoms with E-state index < -0.39 is 0 Å². The second kappa shape index (κ2) is 11.5. The number of aromatic nitrogens is 3. The van der Waals surface area contributed by atoms with Gasteiger partial charge in [0.15, 0.2) is 0 Å². The number of anilines is 1. The van der Waals surface area contributed by atoms with E-state index in [1.165, 1.54) is 0 Å². The topological polar surface area (TPSA) is 101 Å². The summed E-state index contributed by atoms with van der Waals surface area (Å²) < 4.78 is 5.24. The molecule has 3 aromatic heterocycles. The SMILES string of the molecule is Cc1cc(C)c2nc(-c3ccccn3)cc(C(=O)Nc3ccc(C(=O)N(C)CCCc4cc(C)no4)cc3)c2c1. The van der Waals surface area contributed by atoms with Gasteiger partial charge in [0.2, 0.25) is 0 Å². The summed E-state index contributed by atoms with van der Waals surface area (Å²) in [5.74, 6) is 0.476. The van der Waals surface area contributed by atoms with Crippen LogP contribution in [0.3, 0.4) is 0 Å². The zero-order valence-electron chi connectivity index (χ0n) is 23.1. The van der Waals surface area contributed by atoms with Crippen LogP contribution < -0.4 is 5.32 Å². The Morgan fingerprint density at radius 1 is 0.950 bits per heavy atom. The second-order valence-corrected chi connectivity index (χ2v) is 10.0. The summed E-state index contributed by atoms with van der Waals surface area (Å²) in [6, 6.07) is 20.3. The molecule has 8 nitrogen and oxygen atoms in total. The Bertz CT molecular complexity index is 1680. The minimum atomic E-state index is -0.256. The molecule has 202 valence electrons. The van der Waals surface area contributed by atoms with Crippen molar-refractivity contribution in [1.29, 1.82) is 0 Å². The first-order chi connectivity index (χ1) is 19.3. The molecule has 0 aliphatic heterocycles. The molecule has 8 heteroatoms. The summed E-state index contributed by atoms with van der Waals surface area (Å²) >= 11 is 0. The molecule has 0 saturated carbocycles. The largest absolute Gasteiger partial charge is 0.361 e. The van der Waals surface area contributed by atoms with Gasteiger partial charge in [-0.15, -0.1) is 0 Å². The van der Waals surface area contributed by atoms with Gasteiger partial charge in [-0.25, -0.2) is 4.98 Å². The number of nitrogens with zero attached hydrogens (tertiary/aromatic N) is 4. The molecule has 0 bridgehead atoms. The van der Waals surface area contributed by atoms with E-state index in [9.17, 15) is 9.59 Å². The third-order valence-corrected chi connectivity index (χ3v) is 6.75. The summed E-state index contributed by atoms with van der Waals surface area (Å²) in [4.78, 5) is 37.4. The summed E-state index contributed by atoms with van der Waals surface area (Å²) in [5.41, 5.74) is 6.64. The molecule has 1 N–H and O–H groups in total. The Labute approximate surface area is 233 Å². The molecule has 2 amide bonds. The van der Waals surface area contributed by atoms with Crippen molar-refractivity contribution in [3.05, 3.63) is 107 Å². The summed E-state index contributed by atoms with van der Waals surface area (Å²) in [6.45, 7) is 6.47. The Kier molecular flexibility index (Phi) is 7.68. The van der Waals surface area contributed by atoms with Crippen LogP contribution in [0.4, 0.5) is 5.69 Å². The van der Waals surface area contributed by atoms with Crippen molar-refractivity contribution < 1.29 is 14.1 Å². The number of aryl methyl sites for hydroxylation is 4. The molecule has 0 saturated heterocycles. The van der Waals surface area contributed by atoms with Crippen LogP contribution in [0.25, 0.3) is 22.3 Å². The average Bonchev–Trinajstić information content (AvgIpc) is 3.37. The maximum atomic E-state index is 13.6. The van der Waals surface area contributed by atoms with E-state index in [1.54, 1.807) is 48.5 Å². The second-order valence-electron chi connectivity index (χ2n) is 10.0. The number of hydrogen-bond acceptors (Lipinski definition) is 6. The maximum Gasteiger partial charge on any atom is 0.256 e. The van der Waals surface area contributed by atoms with Crippen molar-refractivity contribution >= 4 is 28.4 Å². The van der Waals surface area contributed by atoms with Gasteiger partial charge in [-0.3, -0.25) is 14.6 Å². The van der Waals surface area contributed by atoms with Crippen LogP contribution in [0.5, 0.6) is 0 Å². The fourth-order valence-corrected chi connectivity index (χ4v) is 4.76. The highest BCUT2D eigenvalue weighted by Gasteiger charge is 2.17. The van der Waals surface area contributed by atoms with Crippen LogP contribution in [0.1, 0.15) is 49.7 Å². The first-order valence-electron chi connectivity index (χ1n) is 13.2. The first-order valence-corrected chi connectivity index (χ1v) is 13.2. The molecule has 0 radical (unpaired) electrons. The van der Waals surface area contributed by atoms with Crippen molar-refractivity contribution in [1.82, 2.24) is 20.0 Å². The highest BCUT2D eigenvalue weighted by molar-refractivity contribution is 6.13. The summed E-state index contributed by atoms with van der Waals surface area (Å²) in [6.07, 6.45) is 3.19. The Balaban J connectivity index is 1.32. The highest BCUT2D eigenvalue weighted by atomic mass is 16.5. The van der Waals surface area contributed by atoms with Crippen molar-refractivity contribution in [2.45, 2.75) is 33.6 Å². The number of nitrogens with one attached hydrogen (secondary N) is 1. The molecule has 40 heavy (non-hydrogen) atoms. The molecule has 0 spiro atoms. The number of amides is 2. The molecule has 0 aliphatic rings. The normalized spacial score (nSPS) is 11.0. The smallest absolute Gasteiger partial charge is 0.256 e. The van der Waals surface area contributed by atoms with E-state index in [0.29, 0.717) is 41.2 Å². The lowest BCUT2D eigenvalue weighted by Gasteiger charge is -2.17. The Morgan fingerprint density at radius 3 is 2.45 bits per heavy atom. The van der Waals surface area contributed by atoms with Gasteiger partial charge in [-0.2, -0.15) is 0 Å². The molecule has 5 aromatic rings. The lowest BCUT2D eigenvalue weighted by Crippen LogP contribution is -2.28. The lowest BCUT2D eigenvalue weighted by atomic mass is 10.00. The van der Waals surface area contributed by atoms with E-state index in [-0.39, 0.29) is 11.8 Å². The van der Waals surface area contributed by atoms with E-state index in [1.807, 2.05) is 51.1 Å². The third-order valence-electron chi connectivity index (χ3n) is 6.75. The Hall–Kier alpha value is -4.85. The number of pyridine rings is 2. The predicted molar refractivity (Wildman–Crippen MR) is 155 cm³/mol. The van der Waals surface area contributed by atoms with E-state index in [0.717, 1.165) is 39.9 Å². The summed E-state index contributed by atoms with van der Waals surface area (Å²) in [7, 11) is 1.78.